The standard InChI is InChI=1S/C22H31N5O4S/c1-17-23-21(16-25(17)2)32(29,30)27-8-6-19(7-9-27)22(28)24-20-5-3-4-18(14-20)15-26-10-12-31-13-11-26/h3-5,14,16,19H,6-13,15H2,1-2H3,(H,24,28). The molecule has 2 aliphatic heterocycles. The second-order valence-corrected chi connectivity index (χ2v) is 10.4. The van der Waals surface area contributed by atoms with E-state index < -0.39 is 10.0 Å². The van der Waals surface area contributed by atoms with Crippen molar-refractivity contribution in [2.45, 2.75) is 31.3 Å². The zero-order valence-electron chi connectivity index (χ0n) is 18.7. The minimum atomic E-state index is -3.64. The predicted molar refractivity (Wildman–Crippen MR) is 121 cm³/mol. The zero-order chi connectivity index (χ0) is 22.7. The molecule has 0 saturated carbocycles. The fourth-order valence-corrected chi connectivity index (χ4v) is 5.65. The van der Waals surface area contributed by atoms with Crippen molar-refractivity contribution in [2.75, 3.05) is 44.7 Å². The van der Waals surface area contributed by atoms with Gasteiger partial charge in [0.2, 0.25) is 5.91 Å². The van der Waals surface area contributed by atoms with Crippen LogP contribution in [0.3, 0.4) is 0 Å². The van der Waals surface area contributed by atoms with Gasteiger partial charge in [0.1, 0.15) is 5.82 Å². The summed E-state index contributed by atoms with van der Waals surface area (Å²) in [6.07, 6.45) is 2.52. The topological polar surface area (TPSA) is 96.8 Å². The number of carbonyl (C=O) groups is 1. The fourth-order valence-electron chi connectivity index (χ4n) is 4.15. The molecule has 1 aromatic heterocycles. The van der Waals surface area contributed by atoms with Crippen molar-refractivity contribution in [3.8, 4) is 0 Å². The number of aromatic nitrogens is 2. The molecule has 174 valence electrons. The molecule has 0 radical (unpaired) electrons. The molecule has 9 nitrogen and oxygen atoms in total. The van der Waals surface area contributed by atoms with Crippen molar-refractivity contribution in [1.29, 1.82) is 0 Å². The van der Waals surface area contributed by atoms with Crippen LogP contribution in [-0.4, -0.2) is 72.5 Å². The van der Waals surface area contributed by atoms with Gasteiger partial charge in [0.25, 0.3) is 10.0 Å². The molecule has 4 rings (SSSR count). The van der Waals surface area contributed by atoms with E-state index in [-0.39, 0.29) is 16.9 Å². The first-order chi connectivity index (χ1) is 15.3. The molecule has 1 amide bonds. The van der Waals surface area contributed by atoms with Crippen molar-refractivity contribution in [3.63, 3.8) is 0 Å². The number of hydrogen-bond donors (Lipinski definition) is 1. The van der Waals surface area contributed by atoms with E-state index in [2.05, 4.69) is 21.3 Å². The average molecular weight is 462 g/mol. The summed E-state index contributed by atoms with van der Waals surface area (Å²) < 4.78 is 34.2. The Morgan fingerprint density at radius 3 is 2.56 bits per heavy atom. The lowest BCUT2D eigenvalue weighted by Crippen LogP contribution is -2.41. The number of hydrogen-bond acceptors (Lipinski definition) is 6. The van der Waals surface area contributed by atoms with Gasteiger partial charge < -0.3 is 14.6 Å². The quantitative estimate of drug-likeness (QED) is 0.702. The van der Waals surface area contributed by atoms with Crippen molar-refractivity contribution in [3.05, 3.63) is 41.9 Å². The molecule has 1 N–H and O–H groups in total. The van der Waals surface area contributed by atoms with Gasteiger partial charge in [0, 0.05) is 57.6 Å². The molecule has 32 heavy (non-hydrogen) atoms. The fraction of sp³-hybridized carbons (Fsp3) is 0.545. The predicted octanol–water partition coefficient (Wildman–Crippen LogP) is 1.60. The average Bonchev–Trinajstić information content (AvgIpc) is 3.14. The van der Waals surface area contributed by atoms with Crippen LogP contribution in [0.2, 0.25) is 0 Å². The Labute approximate surface area is 189 Å². The second-order valence-electron chi connectivity index (χ2n) is 8.49. The minimum Gasteiger partial charge on any atom is -0.379 e. The molecule has 2 saturated heterocycles. The third-order valence-corrected chi connectivity index (χ3v) is 7.99. The second kappa shape index (κ2) is 9.70. The number of ether oxygens (including phenoxy) is 1. The number of imidazole rings is 1. The van der Waals surface area contributed by atoms with Crippen LogP contribution in [-0.2, 0) is 33.1 Å². The van der Waals surface area contributed by atoms with E-state index >= 15 is 0 Å². The third-order valence-electron chi connectivity index (χ3n) is 6.22. The van der Waals surface area contributed by atoms with Gasteiger partial charge in [-0.05, 0) is 37.5 Å². The Morgan fingerprint density at radius 1 is 1.19 bits per heavy atom. The van der Waals surface area contributed by atoms with Crippen LogP contribution >= 0.6 is 0 Å². The molecule has 2 aliphatic rings. The van der Waals surface area contributed by atoms with Crippen LogP contribution in [0.25, 0.3) is 0 Å². The molecule has 1 aromatic carbocycles. The summed E-state index contributed by atoms with van der Waals surface area (Å²) in [4.78, 5) is 19.3. The zero-order valence-corrected chi connectivity index (χ0v) is 19.5. The first kappa shape index (κ1) is 22.9. The van der Waals surface area contributed by atoms with E-state index in [4.69, 9.17) is 4.74 Å². The highest BCUT2D eigenvalue weighted by Crippen LogP contribution is 2.25. The molecular formula is C22H31N5O4S. The maximum absolute atomic E-state index is 12.9. The molecular weight excluding hydrogens is 430 g/mol. The van der Waals surface area contributed by atoms with E-state index in [9.17, 15) is 13.2 Å². The summed E-state index contributed by atoms with van der Waals surface area (Å²) in [5, 5.41) is 3.09. The maximum atomic E-state index is 12.9. The number of aryl methyl sites for hydroxylation is 2. The summed E-state index contributed by atoms with van der Waals surface area (Å²) >= 11 is 0. The normalized spacial score (nSPS) is 19.2. The number of carbonyl (C=O) groups excluding carboxylic acids is 1. The van der Waals surface area contributed by atoms with E-state index in [0.717, 1.165) is 44.1 Å². The van der Waals surface area contributed by atoms with Crippen molar-refractivity contribution >= 4 is 21.6 Å². The molecule has 0 aliphatic carbocycles. The van der Waals surface area contributed by atoms with E-state index in [1.807, 2.05) is 18.2 Å². The number of rotatable bonds is 6. The molecule has 0 unspecified atom stereocenters. The molecule has 0 atom stereocenters. The van der Waals surface area contributed by atoms with Crippen LogP contribution in [0, 0.1) is 12.8 Å². The largest absolute Gasteiger partial charge is 0.379 e. The summed E-state index contributed by atoms with van der Waals surface area (Å²) in [6, 6.07) is 7.92. The molecule has 2 aromatic rings. The minimum absolute atomic E-state index is 0.0562. The van der Waals surface area contributed by atoms with Crippen molar-refractivity contribution in [2.24, 2.45) is 13.0 Å². The summed E-state index contributed by atoms with van der Waals surface area (Å²) in [7, 11) is -1.86. The third kappa shape index (κ3) is 5.20. The lowest BCUT2D eigenvalue weighted by Gasteiger charge is -2.30. The van der Waals surface area contributed by atoms with Gasteiger partial charge in [-0.2, -0.15) is 4.31 Å². The molecule has 0 bridgehead atoms. The maximum Gasteiger partial charge on any atom is 0.262 e. The van der Waals surface area contributed by atoms with Crippen LogP contribution in [0.4, 0.5) is 5.69 Å². The number of anilines is 1. The van der Waals surface area contributed by atoms with Gasteiger partial charge in [-0.15, -0.1) is 0 Å². The van der Waals surface area contributed by atoms with Gasteiger partial charge in [0.05, 0.1) is 13.2 Å². The molecule has 10 heteroatoms. The van der Waals surface area contributed by atoms with Crippen molar-refractivity contribution < 1.29 is 17.9 Å². The van der Waals surface area contributed by atoms with Gasteiger partial charge in [-0.3, -0.25) is 9.69 Å². The number of nitrogens with one attached hydrogen (secondary N) is 1. The smallest absolute Gasteiger partial charge is 0.262 e. The first-order valence-electron chi connectivity index (χ1n) is 11.0. The highest BCUT2D eigenvalue weighted by atomic mass is 32.2. The number of benzene rings is 1. The van der Waals surface area contributed by atoms with Gasteiger partial charge in [-0.1, -0.05) is 12.1 Å². The lowest BCUT2D eigenvalue weighted by atomic mass is 9.97. The van der Waals surface area contributed by atoms with E-state index in [1.54, 1.807) is 18.5 Å². The Kier molecular flexibility index (Phi) is 6.94. The van der Waals surface area contributed by atoms with Crippen LogP contribution in [0.5, 0.6) is 0 Å². The Balaban J connectivity index is 1.32. The van der Waals surface area contributed by atoms with Crippen LogP contribution < -0.4 is 5.32 Å². The van der Waals surface area contributed by atoms with Crippen LogP contribution in [0.1, 0.15) is 24.2 Å². The number of piperidine rings is 1. The summed E-state index contributed by atoms with van der Waals surface area (Å²) in [5.74, 6) is 0.378. The Hall–Kier alpha value is -2.27. The van der Waals surface area contributed by atoms with Gasteiger partial charge in [-0.25, -0.2) is 13.4 Å². The van der Waals surface area contributed by atoms with Gasteiger partial charge >= 0.3 is 0 Å². The highest BCUT2D eigenvalue weighted by Gasteiger charge is 2.33. The molecule has 2 fully saturated rings. The van der Waals surface area contributed by atoms with Crippen molar-refractivity contribution in [1.82, 2.24) is 18.8 Å². The van der Waals surface area contributed by atoms with Gasteiger partial charge in [0.15, 0.2) is 5.03 Å². The monoisotopic (exact) mass is 461 g/mol. The number of sulfonamides is 1. The lowest BCUT2D eigenvalue weighted by molar-refractivity contribution is -0.120. The molecule has 0 spiro atoms. The van der Waals surface area contributed by atoms with E-state index in [0.29, 0.717) is 31.8 Å². The number of amides is 1. The molecule has 3 heterocycles. The highest BCUT2D eigenvalue weighted by molar-refractivity contribution is 7.89. The summed E-state index contributed by atoms with van der Waals surface area (Å²) in [5.41, 5.74) is 1.93. The SMILES string of the molecule is Cc1nc(S(=O)(=O)N2CCC(C(=O)Nc3cccc(CN4CCOCC4)c3)CC2)cn1C. The Morgan fingerprint density at radius 2 is 1.91 bits per heavy atom. The number of morpholine rings is 1. The van der Waals surface area contributed by atoms with Crippen LogP contribution in [0.15, 0.2) is 35.5 Å². The number of nitrogens with zero attached hydrogens (tertiary/aromatic N) is 4. The first-order valence-corrected chi connectivity index (χ1v) is 12.5. The summed E-state index contributed by atoms with van der Waals surface area (Å²) in [6.45, 7) is 6.56. The Bertz CT molecular complexity index is 1030. The van der Waals surface area contributed by atoms with E-state index in [1.165, 1.54) is 10.5 Å².